The molecule has 0 aromatic heterocycles. The van der Waals surface area contributed by atoms with E-state index in [0.717, 1.165) is 6.42 Å². The quantitative estimate of drug-likeness (QED) is 0.622. The van der Waals surface area contributed by atoms with Gasteiger partial charge in [-0.1, -0.05) is 27.2 Å². The highest BCUT2D eigenvalue weighted by Crippen LogP contribution is 1.84. The van der Waals surface area contributed by atoms with Gasteiger partial charge in [-0.15, -0.1) is 0 Å². The number of aliphatic hydroxyl groups excluding tert-OH is 2. The third-order valence-corrected chi connectivity index (χ3v) is 0.869. The molecule has 0 aliphatic heterocycles. The first-order valence-electron chi connectivity index (χ1n) is 4.59. The van der Waals surface area contributed by atoms with Crippen molar-refractivity contribution >= 4 is 0 Å². The molecule has 0 saturated heterocycles. The Morgan fingerprint density at radius 2 is 1.75 bits per heavy atom. The summed E-state index contributed by atoms with van der Waals surface area (Å²) in [4.78, 5) is 0. The summed E-state index contributed by atoms with van der Waals surface area (Å²) in [6.45, 7) is 6.91. The zero-order valence-electron chi connectivity index (χ0n) is 8.42. The van der Waals surface area contributed by atoms with Crippen LogP contribution in [0, 0.1) is 0 Å². The fourth-order valence-electron chi connectivity index (χ4n) is 0.416. The largest absolute Gasteiger partial charge is 0.394 e. The van der Waals surface area contributed by atoms with Crippen molar-refractivity contribution in [3.05, 3.63) is 0 Å². The zero-order valence-corrected chi connectivity index (χ0v) is 8.42. The lowest BCUT2D eigenvalue weighted by atomic mass is 10.4. The average Bonchev–Trinajstić information content (AvgIpc) is 2.06. The molecule has 0 aliphatic carbocycles. The molecule has 0 radical (unpaired) electrons. The van der Waals surface area contributed by atoms with Crippen molar-refractivity contribution in [3.8, 4) is 0 Å². The zero-order chi connectivity index (χ0) is 9.82. The minimum absolute atomic E-state index is 0.219. The van der Waals surface area contributed by atoms with Gasteiger partial charge in [0.25, 0.3) is 0 Å². The van der Waals surface area contributed by atoms with Crippen molar-refractivity contribution in [1.82, 2.24) is 0 Å². The standard InChI is InChI=1S/C6H14O3.C3H8/c1-2-3-9-5-6(8)4-7;1-3-2/h6-8H,2-5H2,1H3;3H2,1-2H3. The Hall–Kier alpha value is -0.120. The smallest absolute Gasteiger partial charge is 0.100 e. The Morgan fingerprint density at radius 1 is 1.25 bits per heavy atom. The maximum absolute atomic E-state index is 8.71. The molecule has 1 unspecified atom stereocenters. The highest BCUT2D eigenvalue weighted by Gasteiger charge is 1.98. The van der Waals surface area contributed by atoms with Crippen LogP contribution in [0.5, 0.6) is 0 Å². The van der Waals surface area contributed by atoms with Crippen molar-refractivity contribution in [3.63, 3.8) is 0 Å². The third-order valence-electron chi connectivity index (χ3n) is 0.869. The molecule has 0 spiro atoms. The van der Waals surface area contributed by atoms with Crippen molar-refractivity contribution in [2.75, 3.05) is 19.8 Å². The highest BCUT2D eigenvalue weighted by molar-refractivity contribution is 4.47. The first kappa shape index (κ1) is 14.4. The molecule has 3 nitrogen and oxygen atoms in total. The SMILES string of the molecule is CCC.CCCOCC(O)CO. The lowest BCUT2D eigenvalue weighted by molar-refractivity contribution is 0.00653. The summed E-state index contributed by atoms with van der Waals surface area (Å²) in [6, 6.07) is 0. The predicted molar refractivity (Wildman–Crippen MR) is 50.2 cm³/mol. The summed E-state index contributed by atoms with van der Waals surface area (Å²) in [7, 11) is 0. The number of aliphatic hydroxyl groups is 2. The van der Waals surface area contributed by atoms with Crippen LogP contribution < -0.4 is 0 Å². The normalized spacial score (nSPS) is 11.8. The maximum atomic E-state index is 8.71. The van der Waals surface area contributed by atoms with E-state index in [9.17, 15) is 0 Å². The summed E-state index contributed by atoms with van der Waals surface area (Å²) in [6.07, 6.45) is 1.48. The van der Waals surface area contributed by atoms with Gasteiger partial charge in [0, 0.05) is 6.61 Å². The van der Waals surface area contributed by atoms with Crippen LogP contribution in [0.15, 0.2) is 0 Å². The van der Waals surface area contributed by atoms with Crippen LogP contribution in [0.1, 0.15) is 33.6 Å². The Balaban J connectivity index is 0. The number of hydrogen-bond acceptors (Lipinski definition) is 3. The Labute approximate surface area is 75.4 Å². The molecule has 0 fully saturated rings. The maximum Gasteiger partial charge on any atom is 0.100 e. The number of hydrogen-bond donors (Lipinski definition) is 2. The Kier molecular flexibility index (Phi) is 16.2. The van der Waals surface area contributed by atoms with Gasteiger partial charge in [-0.25, -0.2) is 0 Å². The van der Waals surface area contributed by atoms with Crippen molar-refractivity contribution in [2.24, 2.45) is 0 Å². The molecule has 0 aliphatic rings. The van der Waals surface area contributed by atoms with E-state index >= 15 is 0 Å². The minimum Gasteiger partial charge on any atom is -0.394 e. The molecule has 0 amide bonds. The van der Waals surface area contributed by atoms with Crippen LogP contribution in [0.2, 0.25) is 0 Å². The van der Waals surface area contributed by atoms with Crippen LogP contribution in [-0.2, 0) is 4.74 Å². The van der Waals surface area contributed by atoms with Gasteiger partial charge in [-0.05, 0) is 6.42 Å². The lowest BCUT2D eigenvalue weighted by Gasteiger charge is -2.05. The van der Waals surface area contributed by atoms with Crippen LogP contribution in [0.4, 0.5) is 0 Å². The second kappa shape index (κ2) is 13.5. The lowest BCUT2D eigenvalue weighted by Crippen LogP contribution is -2.19. The van der Waals surface area contributed by atoms with Gasteiger partial charge in [0.15, 0.2) is 0 Å². The summed E-state index contributed by atoms with van der Waals surface area (Å²) in [5.74, 6) is 0. The Morgan fingerprint density at radius 3 is 2.08 bits per heavy atom. The van der Waals surface area contributed by atoms with Gasteiger partial charge in [-0.3, -0.25) is 0 Å². The van der Waals surface area contributed by atoms with Crippen molar-refractivity contribution in [2.45, 2.75) is 39.7 Å². The van der Waals surface area contributed by atoms with E-state index in [-0.39, 0.29) is 13.2 Å². The summed E-state index contributed by atoms with van der Waals surface area (Å²) < 4.78 is 4.93. The van der Waals surface area contributed by atoms with E-state index in [0.29, 0.717) is 6.61 Å². The second-order valence-electron chi connectivity index (χ2n) is 2.62. The molecule has 2 N–H and O–H groups in total. The average molecular weight is 178 g/mol. The second-order valence-corrected chi connectivity index (χ2v) is 2.62. The molecule has 12 heavy (non-hydrogen) atoms. The highest BCUT2D eigenvalue weighted by atomic mass is 16.5. The molecule has 3 heteroatoms. The molecule has 1 atom stereocenters. The minimum atomic E-state index is -0.712. The molecule has 0 aromatic carbocycles. The topological polar surface area (TPSA) is 49.7 Å². The van der Waals surface area contributed by atoms with E-state index in [1.54, 1.807) is 0 Å². The van der Waals surface area contributed by atoms with Gasteiger partial charge in [0.05, 0.1) is 13.2 Å². The summed E-state index contributed by atoms with van der Waals surface area (Å²) in [5, 5.41) is 17.0. The molecule has 0 aromatic rings. The van der Waals surface area contributed by atoms with Crippen molar-refractivity contribution in [1.29, 1.82) is 0 Å². The van der Waals surface area contributed by atoms with Gasteiger partial charge < -0.3 is 14.9 Å². The van der Waals surface area contributed by atoms with Gasteiger partial charge in [0.1, 0.15) is 6.10 Å². The first-order chi connectivity index (χ1) is 5.72. The predicted octanol–water partition coefficient (Wildman–Crippen LogP) is 1.18. The van der Waals surface area contributed by atoms with Crippen molar-refractivity contribution < 1.29 is 14.9 Å². The van der Waals surface area contributed by atoms with E-state index in [1.165, 1.54) is 6.42 Å². The molecule has 0 heterocycles. The van der Waals surface area contributed by atoms with Crippen LogP contribution in [0.25, 0.3) is 0 Å². The van der Waals surface area contributed by atoms with Crippen LogP contribution >= 0.6 is 0 Å². The molecule has 0 saturated carbocycles. The summed E-state index contributed by atoms with van der Waals surface area (Å²) >= 11 is 0. The number of rotatable bonds is 5. The van der Waals surface area contributed by atoms with E-state index < -0.39 is 6.10 Å². The van der Waals surface area contributed by atoms with E-state index in [4.69, 9.17) is 14.9 Å². The fraction of sp³-hybridized carbons (Fsp3) is 1.00. The molecular weight excluding hydrogens is 156 g/mol. The Bertz CT molecular complexity index is 66.8. The van der Waals surface area contributed by atoms with Gasteiger partial charge in [-0.2, -0.15) is 0 Å². The van der Waals surface area contributed by atoms with E-state index in [2.05, 4.69) is 13.8 Å². The molecule has 0 rings (SSSR count). The molecule has 0 bridgehead atoms. The molecular formula is C9H22O3. The van der Waals surface area contributed by atoms with E-state index in [1.807, 2.05) is 6.92 Å². The monoisotopic (exact) mass is 178 g/mol. The third kappa shape index (κ3) is 16.5. The molecule has 76 valence electrons. The fourth-order valence-corrected chi connectivity index (χ4v) is 0.416. The number of ether oxygens (including phenoxy) is 1. The van der Waals surface area contributed by atoms with Gasteiger partial charge in [0.2, 0.25) is 0 Å². The van der Waals surface area contributed by atoms with Gasteiger partial charge >= 0.3 is 0 Å². The summed E-state index contributed by atoms with van der Waals surface area (Å²) in [5.41, 5.74) is 0. The first-order valence-corrected chi connectivity index (χ1v) is 4.59. The van der Waals surface area contributed by atoms with Crippen LogP contribution in [-0.4, -0.2) is 36.1 Å². The van der Waals surface area contributed by atoms with Crippen LogP contribution in [0.3, 0.4) is 0 Å².